The first-order valence-corrected chi connectivity index (χ1v) is 7.94. The monoisotopic (exact) mass is 274 g/mol. The number of rotatable bonds is 6. The maximum absolute atomic E-state index is 3.52. The molecular formula is C18H30N2. The van der Waals surface area contributed by atoms with Crippen molar-refractivity contribution in [2.75, 3.05) is 27.2 Å². The highest BCUT2D eigenvalue weighted by atomic mass is 15.1. The highest BCUT2D eigenvalue weighted by Crippen LogP contribution is 2.28. The Hall–Kier alpha value is -0.860. The number of nitrogens with zero attached hydrogens (tertiary/aromatic N) is 1. The summed E-state index contributed by atoms with van der Waals surface area (Å²) in [6, 6.07) is 5.04. The van der Waals surface area contributed by atoms with Gasteiger partial charge in [0.25, 0.3) is 0 Å². The zero-order valence-corrected chi connectivity index (χ0v) is 13.8. The Kier molecular flexibility index (Phi) is 5.22. The van der Waals surface area contributed by atoms with Crippen LogP contribution in [0.2, 0.25) is 0 Å². The second-order valence-electron chi connectivity index (χ2n) is 6.67. The molecule has 0 bridgehead atoms. The quantitative estimate of drug-likeness (QED) is 0.852. The first-order valence-electron chi connectivity index (χ1n) is 7.94. The minimum atomic E-state index is 0.431. The van der Waals surface area contributed by atoms with E-state index in [1.165, 1.54) is 48.1 Å². The Morgan fingerprint density at radius 1 is 1.20 bits per heavy atom. The second-order valence-corrected chi connectivity index (χ2v) is 6.67. The van der Waals surface area contributed by atoms with Crippen LogP contribution in [0.1, 0.15) is 47.6 Å². The van der Waals surface area contributed by atoms with Gasteiger partial charge in [-0.3, -0.25) is 0 Å². The van der Waals surface area contributed by atoms with Crippen LogP contribution in [0.4, 0.5) is 0 Å². The molecule has 1 aromatic rings. The summed E-state index contributed by atoms with van der Waals surface area (Å²) in [7, 11) is 4.35. The predicted octanol–water partition coefficient (Wildman–Crippen LogP) is 3.60. The smallest absolute Gasteiger partial charge is 0.0452 e. The van der Waals surface area contributed by atoms with E-state index in [4.69, 9.17) is 0 Å². The summed E-state index contributed by atoms with van der Waals surface area (Å²) in [5, 5.41) is 3.52. The van der Waals surface area contributed by atoms with Crippen LogP contribution in [0.5, 0.6) is 0 Å². The number of nitrogens with one attached hydrogen (secondary N) is 1. The SMILES string of the molecule is CNC(CN(C)CC1CCC1)c1c(C)cc(C)cc1C. The number of hydrogen-bond donors (Lipinski definition) is 1. The largest absolute Gasteiger partial charge is 0.312 e. The summed E-state index contributed by atoms with van der Waals surface area (Å²) in [6.07, 6.45) is 4.29. The van der Waals surface area contributed by atoms with E-state index in [1.54, 1.807) is 0 Å². The molecule has 0 heterocycles. The fourth-order valence-corrected chi connectivity index (χ4v) is 3.57. The van der Waals surface area contributed by atoms with Crippen molar-refractivity contribution in [1.82, 2.24) is 10.2 Å². The van der Waals surface area contributed by atoms with Gasteiger partial charge in [-0.2, -0.15) is 0 Å². The van der Waals surface area contributed by atoms with Crippen molar-refractivity contribution in [2.24, 2.45) is 5.92 Å². The molecule has 0 radical (unpaired) electrons. The van der Waals surface area contributed by atoms with Gasteiger partial charge in [-0.1, -0.05) is 24.1 Å². The van der Waals surface area contributed by atoms with Crippen LogP contribution in [-0.4, -0.2) is 32.1 Å². The Morgan fingerprint density at radius 3 is 2.25 bits per heavy atom. The van der Waals surface area contributed by atoms with Crippen LogP contribution in [-0.2, 0) is 0 Å². The third-order valence-corrected chi connectivity index (χ3v) is 4.72. The lowest BCUT2D eigenvalue weighted by molar-refractivity contribution is 0.193. The number of benzene rings is 1. The summed E-state index contributed by atoms with van der Waals surface area (Å²) < 4.78 is 0. The van der Waals surface area contributed by atoms with Crippen LogP contribution >= 0.6 is 0 Å². The van der Waals surface area contributed by atoms with Gasteiger partial charge in [0.2, 0.25) is 0 Å². The van der Waals surface area contributed by atoms with Crippen LogP contribution in [0, 0.1) is 26.7 Å². The van der Waals surface area contributed by atoms with Gasteiger partial charge in [0.05, 0.1) is 0 Å². The number of aryl methyl sites for hydroxylation is 3. The van der Waals surface area contributed by atoms with Crippen molar-refractivity contribution in [3.8, 4) is 0 Å². The van der Waals surface area contributed by atoms with Crippen molar-refractivity contribution in [3.63, 3.8) is 0 Å². The fraction of sp³-hybridized carbons (Fsp3) is 0.667. The molecule has 2 heteroatoms. The maximum Gasteiger partial charge on any atom is 0.0452 e. The van der Waals surface area contributed by atoms with Crippen LogP contribution in [0.15, 0.2) is 12.1 Å². The van der Waals surface area contributed by atoms with E-state index in [0.29, 0.717) is 6.04 Å². The molecule has 1 aromatic carbocycles. The first-order chi connectivity index (χ1) is 9.51. The molecule has 2 rings (SSSR count). The highest BCUT2D eigenvalue weighted by Gasteiger charge is 2.22. The minimum Gasteiger partial charge on any atom is -0.312 e. The molecule has 112 valence electrons. The molecule has 1 aliphatic carbocycles. The van der Waals surface area contributed by atoms with Crippen molar-refractivity contribution in [3.05, 3.63) is 34.4 Å². The van der Waals surface area contributed by atoms with E-state index in [2.05, 4.69) is 57.2 Å². The normalized spacial score (nSPS) is 17.3. The average Bonchev–Trinajstić information content (AvgIpc) is 2.31. The standard InChI is InChI=1S/C18H30N2/c1-13-9-14(2)18(15(3)10-13)17(19-4)12-20(5)11-16-7-6-8-16/h9-10,16-17,19H,6-8,11-12H2,1-5H3. The Labute approximate surface area is 124 Å². The molecule has 1 saturated carbocycles. The van der Waals surface area contributed by atoms with Crippen molar-refractivity contribution in [2.45, 2.75) is 46.1 Å². The molecule has 1 N–H and O–H groups in total. The molecule has 1 fully saturated rings. The Balaban J connectivity index is 2.07. The number of hydrogen-bond acceptors (Lipinski definition) is 2. The Bertz CT molecular complexity index is 426. The van der Waals surface area contributed by atoms with E-state index in [9.17, 15) is 0 Å². The van der Waals surface area contributed by atoms with E-state index in [0.717, 1.165) is 12.5 Å². The first kappa shape index (κ1) is 15.5. The van der Waals surface area contributed by atoms with Crippen LogP contribution in [0.3, 0.4) is 0 Å². The van der Waals surface area contributed by atoms with Crippen LogP contribution < -0.4 is 5.32 Å². The van der Waals surface area contributed by atoms with Crippen molar-refractivity contribution in [1.29, 1.82) is 0 Å². The predicted molar refractivity (Wildman–Crippen MR) is 87.3 cm³/mol. The third-order valence-electron chi connectivity index (χ3n) is 4.72. The van der Waals surface area contributed by atoms with Crippen molar-refractivity contribution >= 4 is 0 Å². The molecule has 1 unspecified atom stereocenters. The van der Waals surface area contributed by atoms with E-state index in [-0.39, 0.29) is 0 Å². The van der Waals surface area contributed by atoms with E-state index >= 15 is 0 Å². The van der Waals surface area contributed by atoms with Gasteiger partial charge in [0.15, 0.2) is 0 Å². The third kappa shape index (κ3) is 3.62. The lowest BCUT2D eigenvalue weighted by Crippen LogP contribution is -2.36. The lowest BCUT2D eigenvalue weighted by atomic mass is 9.85. The van der Waals surface area contributed by atoms with Gasteiger partial charge < -0.3 is 10.2 Å². The minimum absolute atomic E-state index is 0.431. The van der Waals surface area contributed by atoms with Gasteiger partial charge in [0.1, 0.15) is 0 Å². The molecule has 20 heavy (non-hydrogen) atoms. The zero-order valence-electron chi connectivity index (χ0n) is 13.8. The zero-order chi connectivity index (χ0) is 14.7. The highest BCUT2D eigenvalue weighted by molar-refractivity contribution is 5.39. The molecule has 0 spiro atoms. The summed E-state index contributed by atoms with van der Waals surface area (Å²) in [5.74, 6) is 0.942. The van der Waals surface area contributed by atoms with E-state index in [1.807, 2.05) is 0 Å². The van der Waals surface area contributed by atoms with Gasteiger partial charge in [-0.25, -0.2) is 0 Å². The average molecular weight is 274 g/mol. The molecule has 0 amide bonds. The summed E-state index contributed by atoms with van der Waals surface area (Å²) in [6.45, 7) is 9.01. The topological polar surface area (TPSA) is 15.3 Å². The van der Waals surface area contributed by atoms with Gasteiger partial charge in [-0.05, 0) is 70.3 Å². The Morgan fingerprint density at radius 2 is 1.80 bits per heavy atom. The summed E-state index contributed by atoms with van der Waals surface area (Å²) in [4.78, 5) is 2.50. The van der Waals surface area contributed by atoms with E-state index < -0.39 is 0 Å². The molecule has 0 saturated heterocycles. The molecular weight excluding hydrogens is 244 g/mol. The molecule has 1 aliphatic rings. The molecule has 1 atom stereocenters. The molecule has 0 aliphatic heterocycles. The summed E-state index contributed by atoms with van der Waals surface area (Å²) in [5.41, 5.74) is 5.68. The summed E-state index contributed by atoms with van der Waals surface area (Å²) >= 11 is 0. The van der Waals surface area contributed by atoms with Gasteiger partial charge in [0, 0.05) is 19.1 Å². The van der Waals surface area contributed by atoms with Crippen molar-refractivity contribution < 1.29 is 0 Å². The van der Waals surface area contributed by atoms with Crippen LogP contribution in [0.25, 0.3) is 0 Å². The second kappa shape index (κ2) is 6.73. The van der Waals surface area contributed by atoms with Gasteiger partial charge >= 0.3 is 0 Å². The fourth-order valence-electron chi connectivity index (χ4n) is 3.57. The molecule has 2 nitrogen and oxygen atoms in total. The number of likely N-dealkylation sites (N-methyl/N-ethyl adjacent to an activating group) is 2. The molecule has 0 aromatic heterocycles. The maximum atomic E-state index is 3.52. The van der Waals surface area contributed by atoms with Gasteiger partial charge in [-0.15, -0.1) is 0 Å². The lowest BCUT2D eigenvalue weighted by Gasteiger charge is -2.33.